The third-order valence-electron chi connectivity index (χ3n) is 4.08. The Labute approximate surface area is 130 Å². The molecule has 0 spiro atoms. The molecule has 1 heterocycles. The zero-order valence-electron chi connectivity index (χ0n) is 14.4. The molecule has 1 aromatic rings. The molecule has 0 saturated carbocycles. The first-order valence-corrected chi connectivity index (χ1v) is 8.05. The molecule has 0 aromatic carbocycles. The Morgan fingerprint density at radius 2 is 1.90 bits per heavy atom. The second kappa shape index (κ2) is 8.61. The van der Waals surface area contributed by atoms with Gasteiger partial charge in [-0.2, -0.15) is 0 Å². The van der Waals surface area contributed by atoms with Crippen molar-refractivity contribution in [2.75, 3.05) is 0 Å². The third kappa shape index (κ3) is 4.42. The summed E-state index contributed by atoms with van der Waals surface area (Å²) in [5.74, 6) is 0.577. The maximum absolute atomic E-state index is 4.89. The lowest BCUT2D eigenvalue weighted by molar-refractivity contribution is 0.657. The summed E-state index contributed by atoms with van der Waals surface area (Å²) in [5, 5.41) is 0. The van der Waals surface area contributed by atoms with Gasteiger partial charge in [0.15, 0.2) is 0 Å². The number of rotatable bonds is 6. The van der Waals surface area contributed by atoms with E-state index >= 15 is 0 Å². The Hall–Kier alpha value is -1.63. The van der Waals surface area contributed by atoms with Crippen LogP contribution in [-0.4, -0.2) is 4.98 Å². The highest BCUT2D eigenvalue weighted by molar-refractivity contribution is 5.77. The Balaban J connectivity index is 3.53. The van der Waals surface area contributed by atoms with Crippen LogP contribution in [-0.2, 0) is 6.42 Å². The highest BCUT2D eigenvalue weighted by atomic mass is 14.7. The molecule has 1 aromatic heterocycles. The topological polar surface area (TPSA) is 12.9 Å². The van der Waals surface area contributed by atoms with Gasteiger partial charge in [0.25, 0.3) is 0 Å². The number of hydrogen-bond donors (Lipinski definition) is 0. The van der Waals surface area contributed by atoms with Gasteiger partial charge in [0.05, 0.1) is 11.4 Å². The van der Waals surface area contributed by atoms with Crippen molar-refractivity contribution >= 4 is 11.6 Å². The Morgan fingerprint density at radius 1 is 1.19 bits per heavy atom. The second-order valence-electron chi connectivity index (χ2n) is 5.50. The molecular formula is C20H29N. The molecule has 0 aliphatic heterocycles. The quantitative estimate of drug-likeness (QED) is 0.577. The largest absolute Gasteiger partial charge is 0.248 e. The van der Waals surface area contributed by atoms with Crippen LogP contribution in [0.2, 0.25) is 0 Å². The van der Waals surface area contributed by atoms with Gasteiger partial charge in [-0.15, -0.1) is 0 Å². The van der Waals surface area contributed by atoms with E-state index in [-0.39, 0.29) is 0 Å². The zero-order valence-corrected chi connectivity index (χ0v) is 14.4. The maximum Gasteiger partial charge on any atom is 0.0740 e. The van der Waals surface area contributed by atoms with Crippen LogP contribution in [0.5, 0.6) is 0 Å². The molecule has 1 unspecified atom stereocenters. The van der Waals surface area contributed by atoms with E-state index in [9.17, 15) is 0 Å². The zero-order chi connectivity index (χ0) is 15.8. The smallest absolute Gasteiger partial charge is 0.0740 e. The van der Waals surface area contributed by atoms with Gasteiger partial charge in [-0.1, -0.05) is 50.6 Å². The lowest BCUT2D eigenvalue weighted by Gasteiger charge is -2.17. The maximum atomic E-state index is 4.89. The first-order chi connectivity index (χ1) is 10.1. The van der Waals surface area contributed by atoms with Gasteiger partial charge < -0.3 is 0 Å². The first kappa shape index (κ1) is 17.4. The van der Waals surface area contributed by atoms with Gasteiger partial charge in [-0.05, 0) is 62.8 Å². The molecule has 0 aliphatic rings. The average Bonchev–Trinajstić information content (AvgIpc) is 2.51. The molecule has 21 heavy (non-hydrogen) atoms. The van der Waals surface area contributed by atoms with Crippen molar-refractivity contribution in [2.45, 2.75) is 54.4 Å². The van der Waals surface area contributed by atoms with Crippen LogP contribution < -0.4 is 0 Å². The van der Waals surface area contributed by atoms with Crippen LogP contribution >= 0.6 is 0 Å². The molecule has 0 fully saturated rings. The van der Waals surface area contributed by atoms with Crippen molar-refractivity contribution in [3.8, 4) is 0 Å². The van der Waals surface area contributed by atoms with Crippen molar-refractivity contribution in [1.82, 2.24) is 4.98 Å². The molecule has 0 bridgehead atoms. The summed E-state index contributed by atoms with van der Waals surface area (Å²) in [4.78, 5) is 4.89. The second-order valence-corrected chi connectivity index (χ2v) is 5.50. The first-order valence-electron chi connectivity index (χ1n) is 8.05. The summed E-state index contributed by atoms with van der Waals surface area (Å²) in [5.41, 5.74) is 6.21. The van der Waals surface area contributed by atoms with Gasteiger partial charge in [-0.3, -0.25) is 0 Å². The molecule has 1 atom stereocenters. The number of allylic oxidation sites excluding steroid dienone is 5. The molecule has 1 heteroatoms. The molecule has 0 radical (unpaired) electrons. The van der Waals surface area contributed by atoms with E-state index in [0.717, 1.165) is 24.2 Å². The highest BCUT2D eigenvalue weighted by Gasteiger charge is 2.13. The van der Waals surface area contributed by atoms with Crippen LogP contribution in [0.1, 0.15) is 64.9 Å². The monoisotopic (exact) mass is 283 g/mol. The van der Waals surface area contributed by atoms with Crippen LogP contribution in [0, 0.1) is 5.92 Å². The SMILES string of the molecule is CC=Cc1ccc(CC)c(C(/C=C\C)=C(\C)C(C)CC)n1. The molecule has 0 aliphatic carbocycles. The van der Waals surface area contributed by atoms with Crippen molar-refractivity contribution in [3.63, 3.8) is 0 Å². The van der Waals surface area contributed by atoms with E-state index in [0.29, 0.717) is 5.92 Å². The molecule has 0 amide bonds. The fourth-order valence-corrected chi connectivity index (χ4v) is 2.42. The van der Waals surface area contributed by atoms with Gasteiger partial charge >= 0.3 is 0 Å². The summed E-state index contributed by atoms with van der Waals surface area (Å²) < 4.78 is 0. The highest BCUT2D eigenvalue weighted by Crippen LogP contribution is 2.28. The van der Waals surface area contributed by atoms with Gasteiger partial charge in [0.2, 0.25) is 0 Å². The minimum absolute atomic E-state index is 0.577. The van der Waals surface area contributed by atoms with Crippen LogP contribution in [0.15, 0.2) is 35.9 Å². The third-order valence-corrected chi connectivity index (χ3v) is 4.08. The predicted octanol–water partition coefficient (Wildman–Crippen LogP) is 6.07. The Bertz CT molecular complexity index is 547. The average molecular weight is 283 g/mol. The molecule has 0 N–H and O–H groups in total. The standard InChI is InChI=1S/C20H29N/c1-7-11-18-14-13-17(10-4)20(21-18)19(12-8-2)16(6)15(5)9-3/h7-8,11-15H,9-10H2,1-6H3/b11-7?,12-8-,19-16+. The van der Waals surface area contributed by atoms with Gasteiger partial charge in [0.1, 0.15) is 0 Å². The van der Waals surface area contributed by atoms with Gasteiger partial charge in [0, 0.05) is 0 Å². The van der Waals surface area contributed by atoms with Crippen molar-refractivity contribution in [1.29, 1.82) is 0 Å². The van der Waals surface area contributed by atoms with Crippen LogP contribution in [0.4, 0.5) is 0 Å². The number of aryl methyl sites for hydroxylation is 1. The van der Waals surface area contributed by atoms with E-state index in [1.54, 1.807) is 0 Å². The van der Waals surface area contributed by atoms with E-state index in [1.165, 1.54) is 16.7 Å². The molecule has 1 nitrogen and oxygen atoms in total. The number of pyridine rings is 1. The Kier molecular flexibility index (Phi) is 7.14. The van der Waals surface area contributed by atoms with E-state index in [2.05, 4.69) is 65.0 Å². The van der Waals surface area contributed by atoms with E-state index in [1.807, 2.05) is 13.0 Å². The van der Waals surface area contributed by atoms with Crippen molar-refractivity contribution in [3.05, 3.63) is 52.9 Å². The summed E-state index contributed by atoms with van der Waals surface area (Å²) in [6.45, 7) is 13.1. The normalized spacial score (nSPS) is 14.8. The van der Waals surface area contributed by atoms with Crippen molar-refractivity contribution < 1.29 is 0 Å². The van der Waals surface area contributed by atoms with Gasteiger partial charge in [-0.25, -0.2) is 4.98 Å². The predicted molar refractivity (Wildman–Crippen MR) is 95.2 cm³/mol. The summed E-state index contributed by atoms with van der Waals surface area (Å²) in [6.07, 6.45) is 10.6. The minimum atomic E-state index is 0.577. The van der Waals surface area contributed by atoms with E-state index in [4.69, 9.17) is 4.98 Å². The van der Waals surface area contributed by atoms with E-state index < -0.39 is 0 Å². The lowest BCUT2D eigenvalue weighted by atomic mass is 9.91. The number of nitrogens with zero attached hydrogens (tertiary/aromatic N) is 1. The fraction of sp³-hybridized carbons (Fsp3) is 0.450. The molecule has 1 rings (SSSR count). The molecule has 114 valence electrons. The molecule has 0 saturated heterocycles. The van der Waals surface area contributed by atoms with Crippen LogP contribution in [0.3, 0.4) is 0 Å². The molecular weight excluding hydrogens is 254 g/mol. The summed E-state index contributed by atoms with van der Waals surface area (Å²) >= 11 is 0. The Morgan fingerprint density at radius 3 is 2.43 bits per heavy atom. The summed E-state index contributed by atoms with van der Waals surface area (Å²) in [6, 6.07) is 4.32. The van der Waals surface area contributed by atoms with Crippen molar-refractivity contribution in [2.24, 2.45) is 5.92 Å². The fourth-order valence-electron chi connectivity index (χ4n) is 2.42. The number of hydrogen-bond acceptors (Lipinski definition) is 1. The number of aromatic nitrogens is 1. The minimum Gasteiger partial charge on any atom is -0.248 e. The lowest BCUT2D eigenvalue weighted by Crippen LogP contribution is -2.03. The summed E-state index contributed by atoms with van der Waals surface area (Å²) in [7, 11) is 0. The van der Waals surface area contributed by atoms with Crippen LogP contribution in [0.25, 0.3) is 11.6 Å².